The Morgan fingerprint density at radius 2 is 1.74 bits per heavy atom. The summed E-state index contributed by atoms with van der Waals surface area (Å²) in [7, 11) is 0. The van der Waals surface area contributed by atoms with E-state index in [0.29, 0.717) is 0 Å². The van der Waals surface area contributed by atoms with Gasteiger partial charge in [-0.15, -0.1) is 0 Å². The van der Waals surface area contributed by atoms with Gasteiger partial charge in [0.25, 0.3) is 0 Å². The molecule has 0 aromatic carbocycles. The first-order chi connectivity index (χ1) is 8.78. The summed E-state index contributed by atoms with van der Waals surface area (Å²) in [4.78, 5) is 22.3. The lowest BCUT2D eigenvalue weighted by molar-refractivity contribution is -0.231. The topological polar surface area (TPSA) is 80.3 Å². The largest absolute Gasteiger partial charge is 0.456 e. The molecule has 7 heteroatoms. The van der Waals surface area contributed by atoms with Crippen molar-refractivity contribution in [1.82, 2.24) is 0 Å². The van der Waals surface area contributed by atoms with Crippen molar-refractivity contribution in [3.05, 3.63) is 0 Å². The van der Waals surface area contributed by atoms with Crippen LogP contribution >= 0.6 is 0 Å². The summed E-state index contributed by atoms with van der Waals surface area (Å²) in [5.74, 6) is -1.78. The fourth-order valence-electron chi connectivity index (χ4n) is 2.25. The summed E-state index contributed by atoms with van der Waals surface area (Å²) in [5.41, 5.74) is 0. The van der Waals surface area contributed by atoms with E-state index < -0.39 is 42.3 Å². The van der Waals surface area contributed by atoms with Crippen molar-refractivity contribution < 1.29 is 33.3 Å². The summed E-state index contributed by atoms with van der Waals surface area (Å²) in [6.45, 7) is 6.14. The van der Waals surface area contributed by atoms with Crippen LogP contribution < -0.4 is 0 Å². The lowest BCUT2D eigenvalue weighted by Gasteiger charge is -2.36. The molecule has 4 atom stereocenters. The van der Waals surface area contributed by atoms with Gasteiger partial charge >= 0.3 is 11.9 Å². The highest BCUT2D eigenvalue weighted by Crippen LogP contribution is 2.36. The van der Waals surface area contributed by atoms with Crippen molar-refractivity contribution in [2.75, 3.05) is 6.61 Å². The van der Waals surface area contributed by atoms with Crippen LogP contribution in [0.5, 0.6) is 0 Å². The molecule has 2 fully saturated rings. The maximum absolute atomic E-state index is 11.2. The molecule has 2 heterocycles. The first-order valence-electron chi connectivity index (χ1n) is 6.10. The third-order valence-electron chi connectivity index (χ3n) is 2.82. The van der Waals surface area contributed by atoms with E-state index >= 15 is 0 Å². The highest BCUT2D eigenvalue weighted by atomic mass is 16.8. The van der Waals surface area contributed by atoms with E-state index in [1.165, 1.54) is 13.8 Å². The smallest absolute Gasteiger partial charge is 0.303 e. The predicted octanol–water partition coefficient (Wildman–Crippen LogP) is 0.358. The van der Waals surface area contributed by atoms with Crippen molar-refractivity contribution in [2.45, 2.75) is 58.1 Å². The fourth-order valence-corrected chi connectivity index (χ4v) is 2.25. The molecule has 0 bridgehead atoms. The van der Waals surface area contributed by atoms with Gasteiger partial charge in [-0.1, -0.05) is 0 Å². The monoisotopic (exact) mass is 274 g/mol. The van der Waals surface area contributed by atoms with Gasteiger partial charge in [0, 0.05) is 13.8 Å². The van der Waals surface area contributed by atoms with Crippen LogP contribution in [0.1, 0.15) is 27.7 Å². The molecule has 7 nitrogen and oxygen atoms in total. The highest BCUT2D eigenvalue weighted by molar-refractivity contribution is 5.67. The summed E-state index contributed by atoms with van der Waals surface area (Å²) >= 11 is 0. The van der Waals surface area contributed by atoms with Gasteiger partial charge in [0.1, 0.15) is 0 Å². The van der Waals surface area contributed by atoms with Gasteiger partial charge in [0.15, 0.2) is 30.4 Å². The molecule has 0 aliphatic carbocycles. The number of rotatable bonds is 2. The zero-order chi connectivity index (χ0) is 14.2. The minimum absolute atomic E-state index is 0.0954. The van der Waals surface area contributed by atoms with E-state index in [9.17, 15) is 9.59 Å². The van der Waals surface area contributed by atoms with E-state index in [1.54, 1.807) is 13.8 Å². The van der Waals surface area contributed by atoms with Crippen LogP contribution in [0.25, 0.3) is 0 Å². The molecular weight excluding hydrogens is 256 g/mol. The van der Waals surface area contributed by atoms with Gasteiger partial charge in [-0.2, -0.15) is 0 Å². The Labute approximate surface area is 111 Å². The summed E-state index contributed by atoms with van der Waals surface area (Å²) < 4.78 is 27.0. The van der Waals surface area contributed by atoms with Gasteiger partial charge in [-0.25, -0.2) is 0 Å². The first-order valence-corrected chi connectivity index (χ1v) is 6.10. The van der Waals surface area contributed by atoms with Crippen LogP contribution in [0, 0.1) is 0 Å². The zero-order valence-electron chi connectivity index (χ0n) is 11.4. The third-order valence-corrected chi connectivity index (χ3v) is 2.82. The van der Waals surface area contributed by atoms with Crippen LogP contribution in [-0.4, -0.2) is 48.9 Å². The molecule has 0 unspecified atom stereocenters. The van der Waals surface area contributed by atoms with E-state index in [2.05, 4.69) is 0 Å². The maximum atomic E-state index is 11.2. The lowest BCUT2D eigenvalue weighted by atomic mass is 10.0. The number of ether oxygens (including phenoxy) is 5. The Morgan fingerprint density at radius 1 is 1.11 bits per heavy atom. The number of esters is 2. The van der Waals surface area contributed by atoms with Crippen LogP contribution in [0.2, 0.25) is 0 Å². The molecule has 0 aromatic heterocycles. The molecule has 0 spiro atoms. The van der Waals surface area contributed by atoms with Crippen LogP contribution in [0.15, 0.2) is 0 Å². The third kappa shape index (κ3) is 3.23. The second kappa shape index (κ2) is 5.07. The molecule has 19 heavy (non-hydrogen) atoms. The molecule has 0 aromatic rings. The van der Waals surface area contributed by atoms with E-state index in [-0.39, 0.29) is 6.61 Å². The van der Waals surface area contributed by atoms with Crippen LogP contribution in [-0.2, 0) is 33.3 Å². The average molecular weight is 274 g/mol. The molecule has 2 aliphatic rings. The van der Waals surface area contributed by atoms with Gasteiger partial charge in [0.2, 0.25) is 0 Å². The second-order valence-electron chi connectivity index (χ2n) is 5.02. The molecule has 0 amide bonds. The van der Waals surface area contributed by atoms with E-state index in [0.717, 1.165) is 0 Å². The van der Waals surface area contributed by atoms with Crippen molar-refractivity contribution in [2.24, 2.45) is 0 Å². The van der Waals surface area contributed by atoms with Gasteiger partial charge in [-0.05, 0) is 13.8 Å². The Bertz CT molecular complexity index is 378. The molecule has 0 radical (unpaired) electrons. The first kappa shape index (κ1) is 14.2. The Morgan fingerprint density at radius 3 is 2.32 bits per heavy atom. The van der Waals surface area contributed by atoms with E-state index in [4.69, 9.17) is 23.7 Å². The Balaban J connectivity index is 2.16. The summed E-state index contributed by atoms with van der Waals surface area (Å²) in [5, 5.41) is 0. The Kier molecular flexibility index (Phi) is 3.80. The lowest BCUT2D eigenvalue weighted by Crippen LogP contribution is -2.54. The predicted molar refractivity (Wildman–Crippen MR) is 60.9 cm³/mol. The van der Waals surface area contributed by atoms with Gasteiger partial charge < -0.3 is 23.7 Å². The summed E-state index contributed by atoms with van der Waals surface area (Å²) in [6, 6.07) is 0. The maximum Gasteiger partial charge on any atom is 0.303 e. The average Bonchev–Trinajstić information content (AvgIpc) is 2.55. The molecule has 2 saturated heterocycles. The number of carbonyl (C=O) groups excluding carboxylic acids is 2. The van der Waals surface area contributed by atoms with Crippen LogP contribution in [0.4, 0.5) is 0 Å². The number of hydrogen-bond acceptors (Lipinski definition) is 7. The number of hydrogen-bond donors (Lipinski definition) is 0. The molecular formula is C12H18O7. The summed E-state index contributed by atoms with van der Waals surface area (Å²) in [6.07, 6.45) is -2.68. The molecule has 108 valence electrons. The SMILES string of the molecule is CC(=O)O[C@@H]1[C@H]2OC(C)(C)O[C@H]2OC[C@H]1OC(C)=O. The molecule has 2 rings (SSSR count). The molecule has 2 aliphatic heterocycles. The van der Waals surface area contributed by atoms with E-state index in [1.807, 2.05) is 0 Å². The fraction of sp³-hybridized carbons (Fsp3) is 0.833. The minimum atomic E-state index is -0.834. The quantitative estimate of drug-likeness (QED) is 0.672. The Hall–Kier alpha value is -1.18. The van der Waals surface area contributed by atoms with Crippen molar-refractivity contribution >= 4 is 11.9 Å². The normalized spacial score (nSPS) is 36.4. The van der Waals surface area contributed by atoms with Crippen molar-refractivity contribution in [1.29, 1.82) is 0 Å². The number of fused-ring (bicyclic) bond motifs is 1. The van der Waals surface area contributed by atoms with Crippen LogP contribution in [0.3, 0.4) is 0 Å². The standard InChI is InChI=1S/C12H18O7/c1-6(13)16-8-5-15-11-10(9(8)17-7(2)14)18-12(3,4)19-11/h8-11H,5H2,1-4H3/t8-,9+,10-,11-/m1/s1. The van der Waals surface area contributed by atoms with Gasteiger partial charge in [-0.3, -0.25) is 9.59 Å². The van der Waals surface area contributed by atoms with Crippen molar-refractivity contribution in [3.8, 4) is 0 Å². The second-order valence-corrected chi connectivity index (χ2v) is 5.02. The van der Waals surface area contributed by atoms with Crippen molar-refractivity contribution in [3.63, 3.8) is 0 Å². The molecule has 0 N–H and O–H groups in total. The number of carbonyl (C=O) groups is 2. The zero-order valence-corrected chi connectivity index (χ0v) is 11.4. The highest BCUT2D eigenvalue weighted by Gasteiger charge is 2.54. The minimum Gasteiger partial charge on any atom is -0.456 e. The van der Waals surface area contributed by atoms with Gasteiger partial charge in [0.05, 0.1) is 6.61 Å². The molecule has 0 saturated carbocycles.